The van der Waals surface area contributed by atoms with Crippen molar-refractivity contribution < 1.29 is 14.3 Å². The van der Waals surface area contributed by atoms with Crippen LogP contribution in [0.4, 0.5) is 4.39 Å². The summed E-state index contributed by atoms with van der Waals surface area (Å²) in [5.41, 5.74) is -0.0438. The maximum absolute atomic E-state index is 13.4. The molecule has 18 heavy (non-hydrogen) atoms. The maximum atomic E-state index is 13.4. The third-order valence-corrected chi connectivity index (χ3v) is 2.88. The van der Waals surface area contributed by atoms with Crippen molar-refractivity contribution in [3.05, 3.63) is 34.6 Å². The molecule has 100 valence electrons. The summed E-state index contributed by atoms with van der Waals surface area (Å²) in [5.74, 6) is -0.836. The molecule has 1 rings (SSSR count). The van der Waals surface area contributed by atoms with Gasteiger partial charge in [-0.15, -0.1) is 0 Å². The molecule has 0 aliphatic heterocycles. The Morgan fingerprint density at radius 2 is 2.28 bits per heavy atom. The first-order valence-electron chi connectivity index (χ1n) is 5.88. The third kappa shape index (κ3) is 4.63. The minimum atomic E-state index is -0.583. The van der Waals surface area contributed by atoms with Gasteiger partial charge in [-0.05, 0) is 37.0 Å². The van der Waals surface area contributed by atoms with E-state index in [1.807, 2.05) is 6.92 Å². The molecule has 0 aliphatic carbocycles. The predicted octanol–water partition coefficient (Wildman–Crippen LogP) is 2.62. The predicted molar refractivity (Wildman–Crippen MR) is 69.2 cm³/mol. The molecule has 0 fully saturated rings. The summed E-state index contributed by atoms with van der Waals surface area (Å²) in [7, 11) is 0. The number of benzene rings is 1. The van der Waals surface area contributed by atoms with Crippen molar-refractivity contribution >= 4 is 17.5 Å². The van der Waals surface area contributed by atoms with E-state index in [4.69, 9.17) is 16.7 Å². The van der Waals surface area contributed by atoms with Crippen LogP contribution in [0.2, 0.25) is 5.02 Å². The highest BCUT2D eigenvalue weighted by molar-refractivity contribution is 6.30. The monoisotopic (exact) mass is 273 g/mol. The summed E-state index contributed by atoms with van der Waals surface area (Å²) in [6, 6.07) is 3.88. The highest BCUT2D eigenvalue weighted by Crippen LogP contribution is 2.14. The average Bonchev–Trinajstić information content (AvgIpc) is 2.36. The molecule has 3 nitrogen and oxygen atoms in total. The minimum Gasteiger partial charge on any atom is -0.396 e. The Morgan fingerprint density at radius 3 is 2.94 bits per heavy atom. The normalized spacial score (nSPS) is 12.2. The Balaban J connectivity index is 2.43. The Hall–Kier alpha value is -1.13. The lowest BCUT2D eigenvalue weighted by Crippen LogP contribution is -2.25. The molecule has 1 aromatic carbocycles. The molecule has 0 saturated heterocycles. The fourth-order valence-electron chi connectivity index (χ4n) is 1.51. The summed E-state index contributed by atoms with van der Waals surface area (Å²) in [6.07, 6.45) is 1.56. The van der Waals surface area contributed by atoms with Crippen LogP contribution < -0.4 is 5.32 Å². The number of nitrogens with one attached hydrogen (secondary N) is 1. The number of aliphatic hydroxyl groups excluding tert-OH is 1. The van der Waals surface area contributed by atoms with E-state index in [-0.39, 0.29) is 18.1 Å². The van der Waals surface area contributed by atoms with Crippen molar-refractivity contribution in [1.29, 1.82) is 0 Å². The summed E-state index contributed by atoms with van der Waals surface area (Å²) in [6.45, 7) is 2.52. The van der Waals surface area contributed by atoms with Gasteiger partial charge in [-0.3, -0.25) is 4.79 Å². The smallest absolute Gasteiger partial charge is 0.254 e. The highest BCUT2D eigenvalue weighted by atomic mass is 35.5. The molecule has 1 unspecified atom stereocenters. The average molecular weight is 274 g/mol. The van der Waals surface area contributed by atoms with E-state index in [0.29, 0.717) is 11.6 Å². The minimum absolute atomic E-state index is 0.0438. The van der Waals surface area contributed by atoms with Crippen molar-refractivity contribution in [1.82, 2.24) is 5.32 Å². The lowest BCUT2D eigenvalue weighted by atomic mass is 10.1. The van der Waals surface area contributed by atoms with Gasteiger partial charge in [-0.25, -0.2) is 4.39 Å². The molecule has 2 N–H and O–H groups in total. The molecular weight excluding hydrogens is 257 g/mol. The zero-order chi connectivity index (χ0) is 13.5. The van der Waals surface area contributed by atoms with Gasteiger partial charge in [0.25, 0.3) is 5.91 Å². The quantitative estimate of drug-likeness (QED) is 0.783. The fraction of sp³-hybridized carbons (Fsp3) is 0.462. The molecule has 0 spiro atoms. The summed E-state index contributed by atoms with van der Waals surface area (Å²) < 4.78 is 13.4. The van der Waals surface area contributed by atoms with E-state index >= 15 is 0 Å². The molecular formula is C13H17ClFNO2. The maximum Gasteiger partial charge on any atom is 0.254 e. The van der Waals surface area contributed by atoms with Gasteiger partial charge in [0.1, 0.15) is 5.82 Å². The lowest BCUT2D eigenvalue weighted by molar-refractivity contribution is 0.0948. The molecule has 0 aromatic heterocycles. The molecule has 0 heterocycles. The molecule has 0 radical (unpaired) electrons. The van der Waals surface area contributed by atoms with Crippen molar-refractivity contribution in [2.75, 3.05) is 13.2 Å². The second-order valence-corrected chi connectivity index (χ2v) is 4.75. The molecule has 1 atom stereocenters. The lowest BCUT2D eigenvalue weighted by Gasteiger charge is -2.09. The number of halogens is 2. The molecule has 1 aromatic rings. The number of aliphatic hydroxyl groups is 1. The summed E-state index contributed by atoms with van der Waals surface area (Å²) in [5, 5.41) is 11.8. The first-order valence-corrected chi connectivity index (χ1v) is 6.26. The van der Waals surface area contributed by atoms with E-state index in [0.717, 1.165) is 12.8 Å². The zero-order valence-corrected chi connectivity index (χ0v) is 11.0. The standard InChI is InChI=1S/C13H17ClFNO2/c1-9(8-17)3-2-6-16-13(18)11-7-10(14)4-5-12(11)15/h4-5,7,9,17H,2-3,6,8H2,1H3,(H,16,18). The number of hydrogen-bond acceptors (Lipinski definition) is 2. The van der Waals surface area contributed by atoms with E-state index in [1.165, 1.54) is 18.2 Å². The highest BCUT2D eigenvalue weighted by Gasteiger charge is 2.11. The summed E-state index contributed by atoms with van der Waals surface area (Å²) >= 11 is 5.71. The van der Waals surface area contributed by atoms with E-state index in [1.54, 1.807) is 0 Å². The SMILES string of the molecule is CC(CO)CCCNC(=O)c1cc(Cl)ccc1F. The Labute approximate surface area is 111 Å². The number of rotatable bonds is 6. The number of amides is 1. The van der Waals surface area contributed by atoms with Gasteiger partial charge in [-0.1, -0.05) is 18.5 Å². The number of hydrogen-bond donors (Lipinski definition) is 2. The third-order valence-electron chi connectivity index (χ3n) is 2.64. The Kier molecular flexibility index (Phi) is 6.09. The van der Waals surface area contributed by atoms with E-state index in [2.05, 4.69) is 5.32 Å². The Morgan fingerprint density at radius 1 is 1.56 bits per heavy atom. The van der Waals surface area contributed by atoms with Crippen LogP contribution in [0.3, 0.4) is 0 Å². The van der Waals surface area contributed by atoms with Crippen LogP contribution in [0.5, 0.6) is 0 Å². The molecule has 0 aliphatic rings. The van der Waals surface area contributed by atoms with Gasteiger partial charge in [0, 0.05) is 18.2 Å². The summed E-state index contributed by atoms with van der Waals surface area (Å²) in [4.78, 5) is 11.7. The fourth-order valence-corrected chi connectivity index (χ4v) is 1.68. The van der Waals surface area contributed by atoms with Crippen molar-refractivity contribution in [3.63, 3.8) is 0 Å². The Bertz CT molecular complexity index is 412. The zero-order valence-electron chi connectivity index (χ0n) is 10.2. The first-order chi connectivity index (χ1) is 8.54. The number of carbonyl (C=O) groups is 1. The molecule has 0 bridgehead atoms. The largest absolute Gasteiger partial charge is 0.396 e. The van der Waals surface area contributed by atoms with E-state index in [9.17, 15) is 9.18 Å². The van der Waals surface area contributed by atoms with Gasteiger partial charge in [0.05, 0.1) is 5.56 Å². The van der Waals surface area contributed by atoms with Gasteiger partial charge < -0.3 is 10.4 Å². The molecule has 0 saturated carbocycles. The second-order valence-electron chi connectivity index (χ2n) is 4.31. The van der Waals surface area contributed by atoms with Crippen LogP contribution in [-0.2, 0) is 0 Å². The topological polar surface area (TPSA) is 49.3 Å². The van der Waals surface area contributed by atoms with Crippen LogP contribution in [0.1, 0.15) is 30.1 Å². The first kappa shape index (κ1) is 14.9. The van der Waals surface area contributed by atoms with Crippen molar-refractivity contribution in [2.45, 2.75) is 19.8 Å². The van der Waals surface area contributed by atoms with Crippen molar-refractivity contribution in [2.24, 2.45) is 5.92 Å². The van der Waals surface area contributed by atoms with E-state index < -0.39 is 11.7 Å². The van der Waals surface area contributed by atoms with Crippen LogP contribution in [0, 0.1) is 11.7 Å². The van der Waals surface area contributed by atoms with Gasteiger partial charge in [-0.2, -0.15) is 0 Å². The van der Waals surface area contributed by atoms with Crippen LogP contribution >= 0.6 is 11.6 Å². The molecule has 1 amide bonds. The van der Waals surface area contributed by atoms with Crippen LogP contribution in [0.15, 0.2) is 18.2 Å². The van der Waals surface area contributed by atoms with Gasteiger partial charge in [0.15, 0.2) is 0 Å². The van der Waals surface area contributed by atoms with Gasteiger partial charge >= 0.3 is 0 Å². The van der Waals surface area contributed by atoms with Crippen LogP contribution in [0.25, 0.3) is 0 Å². The van der Waals surface area contributed by atoms with Crippen molar-refractivity contribution in [3.8, 4) is 0 Å². The second kappa shape index (κ2) is 7.34. The van der Waals surface area contributed by atoms with Gasteiger partial charge in [0.2, 0.25) is 0 Å². The van der Waals surface area contributed by atoms with Crippen LogP contribution in [-0.4, -0.2) is 24.2 Å². The number of carbonyl (C=O) groups excluding carboxylic acids is 1. The molecule has 5 heteroatoms.